The summed E-state index contributed by atoms with van der Waals surface area (Å²) in [6.45, 7) is 0. The summed E-state index contributed by atoms with van der Waals surface area (Å²) in [5.41, 5.74) is 0. The first kappa shape index (κ1) is 19.3. The Kier molecular flexibility index (Phi) is 122. The second-order valence-electron chi connectivity index (χ2n) is 0.0680. The molecule has 0 amide bonds. The van der Waals surface area contributed by atoms with Crippen molar-refractivity contribution in [2.75, 3.05) is 0 Å². The average molecular weight is 116 g/mol. The lowest BCUT2D eigenvalue weighted by Gasteiger charge is -0.947. The predicted molar refractivity (Wildman–Crippen MR) is 22.9 cm³/mol. The maximum Gasteiger partial charge on any atom is 0.335 e. The van der Waals surface area contributed by atoms with E-state index in [1.54, 1.807) is 0 Å². The highest BCUT2D eigenvalue weighted by Crippen LogP contribution is 0.846. The maximum atomic E-state index is 8.29. The molecule has 0 fully saturated rings. The lowest BCUT2D eigenvalue weighted by Crippen LogP contribution is -1.18. The summed E-state index contributed by atoms with van der Waals surface area (Å²) in [5.74, 6) is 0. The van der Waals surface area contributed by atoms with Crippen LogP contribution in [0.2, 0.25) is 0 Å². The molecule has 0 saturated heterocycles. The third kappa shape index (κ3) is 1110. The van der Waals surface area contributed by atoms with Crippen LogP contribution in [0.4, 0.5) is 0 Å². The van der Waals surface area contributed by atoms with Crippen molar-refractivity contribution < 1.29 is 13.9 Å². The molecule has 0 aliphatic rings. The van der Waals surface area contributed by atoms with Gasteiger partial charge in [-0.2, -0.15) is 21.9 Å². The summed E-state index contributed by atoms with van der Waals surface area (Å²) >= 11 is -0.750. The Morgan fingerprint density at radius 1 is 1.20 bits per heavy atom. The standard InChI is InChI=1S/O2S.H2O.H2S/c1-3-2;;/h;2*1H2. The monoisotopic (exact) mass is 116 g/mol. The molecule has 2 N–H and O–H groups in total. The van der Waals surface area contributed by atoms with Gasteiger partial charge in [0.15, 0.2) is 0 Å². The summed E-state index contributed by atoms with van der Waals surface area (Å²) in [6, 6.07) is 0. The van der Waals surface area contributed by atoms with Gasteiger partial charge in [-0.25, -0.2) is 0 Å². The second kappa shape index (κ2) is 31.7. The Morgan fingerprint density at radius 2 is 1.20 bits per heavy atom. The van der Waals surface area contributed by atoms with E-state index in [0.29, 0.717) is 0 Å². The van der Waals surface area contributed by atoms with Gasteiger partial charge in [0.1, 0.15) is 0 Å². The molecule has 0 heterocycles. The summed E-state index contributed by atoms with van der Waals surface area (Å²) in [5, 5.41) is 0. The highest BCUT2D eigenvalue weighted by atomic mass is 32.1. The minimum absolute atomic E-state index is 0. The molecule has 0 rings (SSSR count). The molecule has 0 unspecified atom stereocenters. The van der Waals surface area contributed by atoms with E-state index in [-0.39, 0.29) is 19.0 Å². The van der Waals surface area contributed by atoms with Crippen LogP contribution in [0.3, 0.4) is 0 Å². The molecule has 0 aromatic heterocycles. The van der Waals surface area contributed by atoms with Crippen molar-refractivity contribution in [2.45, 2.75) is 0 Å². The zero-order valence-electron chi connectivity index (χ0n) is 2.22. The van der Waals surface area contributed by atoms with Crippen LogP contribution >= 0.6 is 13.5 Å². The van der Waals surface area contributed by atoms with Crippen LogP contribution in [0.1, 0.15) is 0 Å². The fourth-order valence-corrected chi connectivity index (χ4v) is 0. The molecule has 0 aliphatic heterocycles. The molecule has 5 heavy (non-hydrogen) atoms. The third-order valence-electron chi connectivity index (χ3n) is 0. The molecule has 0 bridgehead atoms. The van der Waals surface area contributed by atoms with Crippen LogP contribution < -0.4 is 0 Å². The molecule has 0 aliphatic carbocycles. The second-order valence-corrected chi connectivity index (χ2v) is 0.204. The Hall–Kier alpha value is 0.130. The van der Waals surface area contributed by atoms with Crippen molar-refractivity contribution in [3.8, 4) is 0 Å². The first-order valence-corrected chi connectivity index (χ1v) is 1.00. The maximum absolute atomic E-state index is 8.29. The van der Waals surface area contributed by atoms with Crippen molar-refractivity contribution in [3.05, 3.63) is 0 Å². The van der Waals surface area contributed by atoms with E-state index in [9.17, 15) is 0 Å². The molecule has 3 nitrogen and oxygen atoms in total. The van der Waals surface area contributed by atoms with Crippen LogP contribution in [-0.4, -0.2) is 13.9 Å². The number of hydrogen-bond donors (Lipinski definition) is 0. The van der Waals surface area contributed by atoms with E-state index in [1.165, 1.54) is 0 Å². The highest BCUT2D eigenvalue weighted by molar-refractivity contribution is 7.59. The molecule has 34 valence electrons. The zero-order valence-corrected chi connectivity index (χ0v) is 4.04. The number of hydrogen-bond acceptors (Lipinski definition) is 2. The molecular formula is H4O3S2. The van der Waals surface area contributed by atoms with E-state index in [0.717, 1.165) is 0 Å². The Labute approximate surface area is 39.7 Å². The minimum atomic E-state index is -0.750. The summed E-state index contributed by atoms with van der Waals surface area (Å²) < 4.78 is 16.6. The Morgan fingerprint density at radius 3 is 1.20 bits per heavy atom. The van der Waals surface area contributed by atoms with E-state index in [1.807, 2.05) is 0 Å². The molecular weight excluding hydrogens is 112 g/mol. The molecule has 0 saturated carbocycles. The van der Waals surface area contributed by atoms with Crippen molar-refractivity contribution >= 4 is 25.1 Å². The van der Waals surface area contributed by atoms with Crippen LogP contribution in [0.5, 0.6) is 0 Å². The van der Waals surface area contributed by atoms with Crippen molar-refractivity contribution in [1.29, 1.82) is 0 Å². The lowest BCUT2D eigenvalue weighted by atomic mass is 15.9. The SMILES string of the molecule is O.O=S=O.S. The Balaban J connectivity index is -0.0000000200. The fraction of sp³-hybridized carbons (Fsp3) is 0. The van der Waals surface area contributed by atoms with Gasteiger partial charge in [-0.1, -0.05) is 0 Å². The molecule has 0 spiro atoms. The van der Waals surface area contributed by atoms with Gasteiger partial charge < -0.3 is 5.48 Å². The van der Waals surface area contributed by atoms with Gasteiger partial charge in [0.25, 0.3) is 0 Å². The smallest absolute Gasteiger partial charge is 0.335 e. The first-order chi connectivity index (χ1) is 1.41. The van der Waals surface area contributed by atoms with Gasteiger partial charge in [0, 0.05) is 0 Å². The van der Waals surface area contributed by atoms with Gasteiger partial charge in [0.05, 0.1) is 0 Å². The average Bonchev–Trinajstić information content (AvgIpc) is 0.918. The quantitative estimate of drug-likeness (QED) is 0.391. The van der Waals surface area contributed by atoms with Gasteiger partial charge in [0.2, 0.25) is 0 Å². The molecule has 0 atom stereocenters. The fourth-order valence-electron chi connectivity index (χ4n) is 0. The van der Waals surface area contributed by atoms with Crippen LogP contribution in [0.25, 0.3) is 0 Å². The summed E-state index contributed by atoms with van der Waals surface area (Å²) in [6.07, 6.45) is 0. The van der Waals surface area contributed by atoms with E-state index in [4.69, 9.17) is 8.42 Å². The molecule has 5 heteroatoms. The lowest BCUT2D eigenvalue weighted by molar-refractivity contribution is 0.630. The van der Waals surface area contributed by atoms with Crippen molar-refractivity contribution in [1.82, 2.24) is 0 Å². The van der Waals surface area contributed by atoms with E-state index < -0.39 is 11.6 Å². The largest absolute Gasteiger partial charge is 0.412 e. The van der Waals surface area contributed by atoms with Gasteiger partial charge in [-0.05, 0) is 0 Å². The van der Waals surface area contributed by atoms with Crippen molar-refractivity contribution in [3.63, 3.8) is 0 Å². The van der Waals surface area contributed by atoms with Crippen LogP contribution in [-0.2, 0) is 11.6 Å². The first-order valence-electron chi connectivity index (χ1n) is 0.333. The van der Waals surface area contributed by atoms with Crippen molar-refractivity contribution in [2.24, 2.45) is 0 Å². The molecule has 0 aromatic rings. The van der Waals surface area contributed by atoms with E-state index >= 15 is 0 Å². The van der Waals surface area contributed by atoms with Gasteiger partial charge >= 0.3 is 11.6 Å². The third-order valence-corrected chi connectivity index (χ3v) is 0. The molecule has 0 aromatic carbocycles. The van der Waals surface area contributed by atoms with Crippen LogP contribution in [0.15, 0.2) is 0 Å². The van der Waals surface area contributed by atoms with Gasteiger partial charge in [-0.3, -0.25) is 0 Å². The van der Waals surface area contributed by atoms with E-state index in [2.05, 4.69) is 0 Å². The van der Waals surface area contributed by atoms with Gasteiger partial charge in [-0.15, -0.1) is 0 Å². The molecule has 0 radical (unpaired) electrons. The minimum Gasteiger partial charge on any atom is -0.412 e. The highest BCUT2D eigenvalue weighted by Gasteiger charge is 1.12. The number of rotatable bonds is 0. The Bertz CT molecular complexity index is 25.9. The predicted octanol–water partition coefficient (Wildman–Crippen LogP) is -1.38. The summed E-state index contributed by atoms with van der Waals surface area (Å²) in [4.78, 5) is 0. The zero-order chi connectivity index (χ0) is 2.71. The summed E-state index contributed by atoms with van der Waals surface area (Å²) in [7, 11) is 0. The topological polar surface area (TPSA) is 65.6 Å². The van der Waals surface area contributed by atoms with Crippen LogP contribution in [0, 0.1) is 0 Å². The normalized spacial score (nSPS) is 2.40.